The first-order valence-corrected chi connectivity index (χ1v) is 12.9. The van der Waals surface area contributed by atoms with Crippen LogP contribution in [0.25, 0.3) is 22.3 Å². The standard InChI is InChI=1S/C27H25F3N8O2/c1-2-21(39)37-12-14-9-18(37)19(10-14)38-25-22(24(31)33-13-34-25)23(36-38)15-3-5-16(6-4-15)26(40)35-20-11-17(7-8-32-20)27(28,29)30/h3-8,11,13-14,18-19H,2,9-10,12H2,1H3,(H2,31,33,34)(H,32,35,40). The molecule has 40 heavy (non-hydrogen) atoms. The fraction of sp³-hybridized carbons (Fsp3) is 0.333. The molecule has 4 aromatic rings. The van der Waals surface area contributed by atoms with Gasteiger partial charge in [0.05, 0.1) is 23.0 Å². The predicted octanol–water partition coefficient (Wildman–Crippen LogP) is 4.31. The first-order valence-electron chi connectivity index (χ1n) is 12.9. The van der Waals surface area contributed by atoms with Gasteiger partial charge in [0, 0.05) is 30.3 Å². The van der Waals surface area contributed by atoms with Crippen LogP contribution in [0.5, 0.6) is 0 Å². The van der Waals surface area contributed by atoms with Gasteiger partial charge in [-0.05, 0) is 43.0 Å². The van der Waals surface area contributed by atoms with E-state index in [1.165, 1.54) is 6.33 Å². The number of pyridine rings is 1. The van der Waals surface area contributed by atoms with E-state index in [1.807, 2.05) is 16.5 Å². The summed E-state index contributed by atoms with van der Waals surface area (Å²) in [5, 5.41) is 7.87. The van der Waals surface area contributed by atoms with Crippen molar-refractivity contribution in [1.82, 2.24) is 29.6 Å². The van der Waals surface area contributed by atoms with Gasteiger partial charge in [-0.15, -0.1) is 0 Å². The van der Waals surface area contributed by atoms with Crippen LogP contribution in [0.1, 0.15) is 48.1 Å². The van der Waals surface area contributed by atoms with E-state index >= 15 is 0 Å². The Bertz CT molecular complexity index is 1620. The highest BCUT2D eigenvalue weighted by molar-refractivity contribution is 6.04. The topological polar surface area (TPSA) is 132 Å². The van der Waals surface area contributed by atoms with Crippen molar-refractivity contribution in [2.75, 3.05) is 17.6 Å². The monoisotopic (exact) mass is 550 g/mol. The van der Waals surface area contributed by atoms with Crippen molar-refractivity contribution in [1.29, 1.82) is 0 Å². The van der Waals surface area contributed by atoms with Gasteiger partial charge in [-0.2, -0.15) is 18.3 Å². The number of anilines is 2. The number of fused-ring (bicyclic) bond motifs is 3. The van der Waals surface area contributed by atoms with Crippen molar-refractivity contribution in [2.24, 2.45) is 5.92 Å². The Labute approximate surface area is 226 Å². The van der Waals surface area contributed by atoms with Gasteiger partial charge >= 0.3 is 6.18 Å². The molecule has 2 amide bonds. The number of benzene rings is 1. The van der Waals surface area contributed by atoms with Gasteiger partial charge < -0.3 is 16.0 Å². The van der Waals surface area contributed by atoms with Crippen LogP contribution in [0.2, 0.25) is 0 Å². The largest absolute Gasteiger partial charge is 0.416 e. The molecule has 1 aromatic carbocycles. The summed E-state index contributed by atoms with van der Waals surface area (Å²) in [6, 6.07) is 8.04. The third kappa shape index (κ3) is 4.40. The number of likely N-dealkylation sites (tertiary alicyclic amines) is 1. The van der Waals surface area contributed by atoms with Crippen LogP contribution in [-0.4, -0.2) is 54.0 Å². The molecular formula is C27H25F3N8O2. The second-order valence-electron chi connectivity index (χ2n) is 10.1. The summed E-state index contributed by atoms with van der Waals surface area (Å²) in [7, 11) is 0. The average molecular weight is 551 g/mol. The first-order chi connectivity index (χ1) is 19.1. The summed E-state index contributed by atoms with van der Waals surface area (Å²) >= 11 is 0. The van der Waals surface area contributed by atoms with Gasteiger partial charge in [-0.25, -0.2) is 19.6 Å². The minimum atomic E-state index is -4.55. The van der Waals surface area contributed by atoms with Gasteiger partial charge in [0.1, 0.15) is 23.7 Å². The Morgan fingerprint density at radius 3 is 2.52 bits per heavy atom. The smallest absolute Gasteiger partial charge is 0.383 e. The fourth-order valence-electron chi connectivity index (χ4n) is 5.82. The van der Waals surface area contributed by atoms with Crippen molar-refractivity contribution in [3.63, 3.8) is 0 Å². The van der Waals surface area contributed by atoms with E-state index in [9.17, 15) is 22.8 Å². The van der Waals surface area contributed by atoms with E-state index in [0.717, 1.165) is 37.7 Å². The summed E-state index contributed by atoms with van der Waals surface area (Å²) in [4.78, 5) is 39.7. The maximum Gasteiger partial charge on any atom is 0.416 e. The van der Waals surface area contributed by atoms with Crippen LogP contribution < -0.4 is 11.1 Å². The zero-order valence-electron chi connectivity index (χ0n) is 21.4. The van der Waals surface area contributed by atoms with Gasteiger partial charge in [0.25, 0.3) is 5.91 Å². The predicted molar refractivity (Wildman–Crippen MR) is 140 cm³/mol. The number of nitrogens with two attached hydrogens (primary N) is 1. The maximum atomic E-state index is 13.0. The minimum absolute atomic E-state index is 0.0279. The Kier molecular flexibility index (Phi) is 6.15. The highest BCUT2D eigenvalue weighted by atomic mass is 19.4. The number of rotatable bonds is 5. The highest BCUT2D eigenvalue weighted by Crippen LogP contribution is 2.46. The number of amides is 2. The fourth-order valence-corrected chi connectivity index (χ4v) is 5.82. The van der Waals surface area contributed by atoms with Crippen molar-refractivity contribution in [3.8, 4) is 11.3 Å². The van der Waals surface area contributed by atoms with Crippen LogP contribution in [0.15, 0.2) is 48.9 Å². The molecule has 1 saturated heterocycles. The molecule has 13 heteroatoms. The molecule has 2 fully saturated rings. The number of aromatic nitrogens is 5. The van der Waals surface area contributed by atoms with E-state index in [2.05, 4.69) is 20.3 Å². The minimum Gasteiger partial charge on any atom is -0.383 e. The zero-order chi connectivity index (χ0) is 28.2. The summed E-state index contributed by atoms with van der Waals surface area (Å²) in [5.41, 5.74) is 7.34. The molecule has 2 bridgehead atoms. The third-order valence-electron chi connectivity index (χ3n) is 7.65. The molecule has 206 valence electrons. The number of hydrogen-bond acceptors (Lipinski definition) is 7. The zero-order valence-corrected chi connectivity index (χ0v) is 21.4. The van der Waals surface area contributed by atoms with E-state index < -0.39 is 17.6 Å². The lowest BCUT2D eigenvalue weighted by atomic mass is 10.1. The van der Waals surface area contributed by atoms with Crippen LogP contribution >= 0.6 is 0 Å². The Balaban J connectivity index is 1.30. The molecule has 3 aromatic heterocycles. The molecule has 3 N–H and O–H groups in total. The molecule has 10 nitrogen and oxygen atoms in total. The number of halogens is 3. The molecule has 3 unspecified atom stereocenters. The molecule has 6 rings (SSSR count). The number of nitrogen functional groups attached to an aromatic ring is 1. The summed E-state index contributed by atoms with van der Waals surface area (Å²) in [5.74, 6) is -0.0404. The average Bonchev–Trinajstić information content (AvgIpc) is 3.66. The molecule has 1 aliphatic carbocycles. The SMILES string of the molecule is CCC(=O)N1CC2CC1C(n1nc(-c3ccc(C(=O)Nc4cc(C(F)(F)F)ccn4)cc3)c3c(N)ncnc31)C2. The van der Waals surface area contributed by atoms with Crippen LogP contribution in [0.4, 0.5) is 24.8 Å². The Morgan fingerprint density at radius 2 is 1.82 bits per heavy atom. The van der Waals surface area contributed by atoms with Gasteiger partial charge in [-0.3, -0.25) is 9.59 Å². The normalized spacial score (nSPS) is 20.3. The van der Waals surface area contributed by atoms with Crippen LogP contribution in [0.3, 0.4) is 0 Å². The summed E-state index contributed by atoms with van der Waals surface area (Å²) in [6.45, 7) is 2.62. The quantitative estimate of drug-likeness (QED) is 0.378. The molecule has 1 saturated carbocycles. The van der Waals surface area contributed by atoms with Crippen molar-refractivity contribution < 1.29 is 22.8 Å². The van der Waals surface area contributed by atoms with Gasteiger partial charge in [0.15, 0.2) is 5.65 Å². The number of piperidine rings is 1. The van der Waals surface area contributed by atoms with Gasteiger partial charge in [0.2, 0.25) is 5.91 Å². The van der Waals surface area contributed by atoms with E-state index in [-0.39, 0.29) is 35.2 Å². The van der Waals surface area contributed by atoms with Crippen molar-refractivity contribution >= 4 is 34.5 Å². The number of hydrogen-bond donors (Lipinski definition) is 2. The number of carbonyl (C=O) groups excluding carboxylic acids is 2. The highest BCUT2D eigenvalue weighted by Gasteiger charge is 2.48. The Hall–Kier alpha value is -4.55. The molecule has 2 aliphatic rings. The van der Waals surface area contributed by atoms with Crippen molar-refractivity contribution in [2.45, 2.75) is 44.4 Å². The second kappa shape index (κ2) is 9.57. The number of nitrogens with zero attached hydrogens (tertiary/aromatic N) is 6. The van der Waals surface area contributed by atoms with E-state index in [4.69, 9.17) is 10.8 Å². The van der Waals surface area contributed by atoms with Crippen molar-refractivity contribution in [3.05, 3.63) is 60.0 Å². The van der Waals surface area contributed by atoms with E-state index in [0.29, 0.717) is 34.6 Å². The van der Waals surface area contributed by atoms with Crippen LogP contribution in [0, 0.1) is 5.92 Å². The molecular weight excluding hydrogens is 525 g/mol. The van der Waals surface area contributed by atoms with Crippen LogP contribution in [-0.2, 0) is 11.0 Å². The molecule has 0 radical (unpaired) electrons. The lowest BCUT2D eigenvalue weighted by Gasteiger charge is -2.33. The molecule has 3 atom stereocenters. The lowest BCUT2D eigenvalue weighted by molar-refractivity contribution is -0.137. The lowest BCUT2D eigenvalue weighted by Crippen LogP contribution is -2.43. The Morgan fingerprint density at radius 1 is 1.07 bits per heavy atom. The summed E-state index contributed by atoms with van der Waals surface area (Å²) < 4.78 is 40.9. The maximum absolute atomic E-state index is 13.0. The second-order valence-corrected chi connectivity index (χ2v) is 10.1. The number of nitrogens with one attached hydrogen (secondary N) is 1. The number of carbonyl (C=O) groups is 2. The molecule has 4 heterocycles. The molecule has 0 spiro atoms. The molecule has 1 aliphatic heterocycles. The first kappa shape index (κ1) is 25.7. The summed E-state index contributed by atoms with van der Waals surface area (Å²) in [6.07, 6.45) is 0.0583. The van der Waals surface area contributed by atoms with E-state index in [1.54, 1.807) is 24.3 Å². The third-order valence-corrected chi connectivity index (χ3v) is 7.65. The number of alkyl halides is 3. The van der Waals surface area contributed by atoms with Gasteiger partial charge in [-0.1, -0.05) is 19.1 Å².